The average Bonchev–Trinajstić information content (AvgIpc) is 2.97. The summed E-state index contributed by atoms with van der Waals surface area (Å²) in [5.74, 6) is 4.95. The molecule has 1 aliphatic heterocycles. The van der Waals surface area contributed by atoms with Crippen LogP contribution in [0.2, 0.25) is 0 Å². The van der Waals surface area contributed by atoms with Crippen LogP contribution in [0.1, 0.15) is 25.5 Å². The molecule has 0 aromatic carbocycles. The van der Waals surface area contributed by atoms with Crippen molar-refractivity contribution in [3.05, 3.63) is 11.8 Å². The molecule has 0 saturated carbocycles. The monoisotopic (exact) mass is 304 g/mol. The van der Waals surface area contributed by atoms with Gasteiger partial charge in [-0.05, 0) is 32.9 Å². The zero-order valence-electron chi connectivity index (χ0n) is 11.7. The lowest BCUT2D eigenvalue weighted by molar-refractivity contribution is -0.141. The quantitative estimate of drug-likeness (QED) is 0.567. The first-order valence-corrected chi connectivity index (χ1v) is 6.81. The highest BCUT2D eigenvalue weighted by Crippen LogP contribution is 2.29. The van der Waals surface area contributed by atoms with Gasteiger partial charge < -0.3 is 5.32 Å². The van der Waals surface area contributed by atoms with Gasteiger partial charge in [0.2, 0.25) is 5.95 Å². The minimum atomic E-state index is -4.54. The van der Waals surface area contributed by atoms with Crippen molar-refractivity contribution in [1.29, 1.82) is 0 Å². The summed E-state index contributed by atoms with van der Waals surface area (Å²) < 4.78 is 38.2. The molecule has 1 fully saturated rings. The van der Waals surface area contributed by atoms with E-state index >= 15 is 0 Å². The minimum absolute atomic E-state index is 0.108. The fourth-order valence-corrected chi connectivity index (χ4v) is 2.31. The second-order valence-corrected chi connectivity index (χ2v) is 5.08. The summed E-state index contributed by atoms with van der Waals surface area (Å²) in [6, 6.07) is 1.11. The summed E-state index contributed by atoms with van der Waals surface area (Å²) >= 11 is 0. The van der Waals surface area contributed by atoms with Crippen molar-refractivity contribution in [1.82, 2.24) is 14.9 Å². The highest BCUT2D eigenvalue weighted by molar-refractivity contribution is 5.42. The first-order valence-electron chi connectivity index (χ1n) is 6.81. The van der Waals surface area contributed by atoms with Crippen LogP contribution in [0.4, 0.5) is 24.9 Å². The number of hydrogen-bond donors (Lipinski definition) is 3. The molecule has 9 heteroatoms. The Morgan fingerprint density at radius 1 is 1.33 bits per heavy atom. The van der Waals surface area contributed by atoms with E-state index in [1.54, 1.807) is 0 Å². The fourth-order valence-electron chi connectivity index (χ4n) is 2.31. The molecule has 0 bridgehead atoms. The lowest BCUT2D eigenvalue weighted by atomic mass is 10.3. The first-order chi connectivity index (χ1) is 9.90. The maximum Gasteiger partial charge on any atom is 0.433 e. The fraction of sp³-hybridized carbons (Fsp3) is 0.667. The van der Waals surface area contributed by atoms with E-state index < -0.39 is 11.9 Å². The molecule has 4 N–H and O–H groups in total. The van der Waals surface area contributed by atoms with Gasteiger partial charge in [-0.3, -0.25) is 10.3 Å². The number of hydrogen-bond acceptors (Lipinski definition) is 6. The minimum Gasteiger partial charge on any atom is -0.368 e. The van der Waals surface area contributed by atoms with Gasteiger partial charge in [-0.1, -0.05) is 0 Å². The summed E-state index contributed by atoms with van der Waals surface area (Å²) in [5, 5.41) is 2.92. The van der Waals surface area contributed by atoms with Gasteiger partial charge in [-0.2, -0.15) is 18.2 Å². The summed E-state index contributed by atoms with van der Waals surface area (Å²) in [4.78, 5) is 9.48. The van der Waals surface area contributed by atoms with Gasteiger partial charge in [0.25, 0.3) is 0 Å². The van der Waals surface area contributed by atoms with Crippen molar-refractivity contribution >= 4 is 11.8 Å². The molecule has 2 rings (SSSR count). The van der Waals surface area contributed by atoms with E-state index in [0.717, 1.165) is 32.0 Å². The van der Waals surface area contributed by atoms with E-state index in [1.807, 2.05) is 12.3 Å². The number of nitrogen functional groups attached to an aromatic ring is 1. The zero-order chi connectivity index (χ0) is 15.5. The third-order valence-corrected chi connectivity index (χ3v) is 3.49. The summed E-state index contributed by atoms with van der Waals surface area (Å²) in [7, 11) is 0. The van der Waals surface area contributed by atoms with Crippen LogP contribution in [-0.4, -0.2) is 40.5 Å². The van der Waals surface area contributed by atoms with E-state index in [0.29, 0.717) is 6.54 Å². The highest BCUT2D eigenvalue weighted by atomic mass is 19.4. The highest BCUT2D eigenvalue weighted by Gasteiger charge is 2.33. The second kappa shape index (κ2) is 6.44. The molecule has 1 atom stereocenters. The summed E-state index contributed by atoms with van der Waals surface area (Å²) in [6.45, 7) is 4.59. The van der Waals surface area contributed by atoms with Gasteiger partial charge in [-0.25, -0.2) is 10.8 Å². The first kappa shape index (κ1) is 15.8. The topological polar surface area (TPSA) is 79.1 Å². The number of anilines is 2. The van der Waals surface area contributed by atoms with Crippen LogP contribution in [-0.2, 0) is 6.18 Å². The molecule has 1 saturated heterocycles. The molecule has 1 unspecified atom stereocenters. The Morgan fingerprint density at radius 3 is 2.57 bits per heavy atom. The van der Waals surface area contributed by atoms with E-state index in [4.69, 9.17) is 5.84 Å². The third-order valence-electron chi connectivity index (χ3n) is 3.49. The van der Waals surface area contributed by atoms with E-state index in [-0.39, 0.29) is 17.8 Å². The molecule has 6 nitrogen and oxygen atoms in total. The molecule has 1 aliphatic rings. The van der Waals surface area contributed by atoms with Crippen molar-refractivity contribution in [3.8, 4) is 0 Å². The van der Waals surface area contributed by atoms with Gasteiger partial charge in [0, 0.05) is 18.7 Å². The SMILES string of the molecule is CC(CNc1cc(C(F)(F)F)nc(NN)n1)N1CCCC1. The molecule has 0 radical (unpaired) electrons. The lowest BCUT2D eigenvalue weighted by Gasteiger charge is -2.24. The number of alkyl halides is 3. The van der Waals surface area contributed by atoms with Gasteiger partial charge in [-0.15, -0.1) is 0 Å². The Labute approximate surface area is 120 Å². The zero-order valence-corrected chi connectivity index (χ0v) is 11.7. The average molecular weight is 304 g/mol. The van der Waals surface area contributed by atoms with Crippen LogP contribution in [0.3, 0.4) is 0 Å². The van der Waals surface area contributed by atoms with Gasteiger partial charge in [0.15, 0.2) is 5.69 Å². The smallest absolute Gasteiger partial charge is 0.368 e. The van der Waals surface area contributed by atoms with Crippen LogP contribution >= 0.6 is 0 Å². The van der Waals surface area contributed by atoms with Crippen molar-refractivity contribution < 1.29 is 13.2 Å². The number of rotatable bonds is 5. The predicted molar refractivity (Wildman–Crippen MR) is 73.6 cm³/mol. The van der Waals surface area contributed by atoms with E-state index in [9.17, 15) is 13.2 Å². The van der Waals surface area contributed by atoms with E-state index in [2.05, 4.69) is 20.2 Å². The maximum atomic E-state index is 12.7. The summed E-state index contributed by atoms with van der Waals surface area (Å²) in [5.41, 5.74) is 1.02. The largest absolute Gasteiger partial charge is 0.433 e. The second-order valence-electron chi connectivity index (χ2n) is 5.08. The Kier molecular flexibility index (Phi) is 4.84. The third kappa shape index (κ3) is 4.18. The lowest BCUT2D eigenvalue weighted by Crippen LogP contribution is -2.35. The molecule has 0 amide bonds. The molecule has 118 valence electrons. The number of nitrogens with zero attached hydrogens (tertiary/aromatic N) is 3. The molecule has 1 aromatic rings. The van der Waals surface area contributed by atoms with Gasteiger partial charge in [0.05, 0.1) is 0 Å². The molecule has 21 heavy (non-hydrogen) atoms. The van der Waals surface area contributed by atoms with Crippen LogP contribution < -0.4 is 16.6 Å². The van der Waals surface area contributed by atoms with Crippen LogP contribution in [0.25, 0.3) is 0 Å². The van der Waals surface area contributed by atoms with Gasteiger partial charge >= 0.3 is 6.18 Å². The molecule has 2 heterocycles. The Morgan fingerprint density at radius 2 is 2.00 bits per heavy atom. The number of halogens is 3. The van der Waals surface area contributed by atoms with Crippen molar-refractivity contribution in [2.75, 3.05) is 30.4 Å². The van der Waals surface area contributed by atoms with Gasteiger partial charge in [0.1, 0.15) is 5.82 Å². The number of nitrogens with one attached hydrogen (secondary N) is 2. The number of aromatic nitrogens is 2. The van der Waals surface area contributed by atoms with E-state index in [1.165, 1.54) is 0 Å². The van der Waals surface area contributed by atoms with Crippen LogP contribution in [0, 0.1) is 0 Å². The van der Waals surface area contributed by atoms with Crippen molar-refractivity contribution in [2.24, 2.45) is 5.84 Å². The Hall–Kier alpha value is -1.61. The molecular weight excluding hydrogens is 285 g/mol. The molecule has 0 spiro atoms. The van der Waals surface area contributed by atoms with Crippen LogP contribution in [0.5, 0.6) is 0 Å². The normalized spacial score (nSPS) is 17.8. The van der Waals surface area contributed by atoms with Crippen molar-refractivity contribution in [2.45, 2.75) is 32.0 Å². The Bertz CT molecular complexity index is 473. The molecule has 1 aromatic heterocycles. The number of hydrazine groups is 1. The van der Waals surface area contributed by atoms with Crippen molar-refractivity contribution in [3.63, 3.8) is 0 Å². The Balaban J connectivity index is 2.04. The standard InChI is InChI=1S/C12H19F3N6/c1-8(21-4-2-3-5-21)7-17-10-6-9(12(13,14)15)18-11(19-10)20-16/h6,8H,2-5,7,16H2,1H3,(H2,17,18,19,20). The molecular formula is C12H19F3N6. The maximum absolute atomic E-state index is 12.7. The van der Waals surface area contributed by atoms with Crippen LogP contribution in [0.15, 0.2) is 6.07 Å². The summed E-state index contributed by atoms with van der Waals surface area (Å²) in [6.07, 6.45) is -2.21. The predicted octanol–water partition coefficient (Wildman–Crippen LogP) is 1.68. The number of nitrogens with two attached hydrogens (primary N) is 1. The molecule has 0 aliphatic carbocycles. The number of likely N-dealkylation sites (tertiary alicyclic amines) is 1.